The first-order valence-corrected chi connectivity index (χ1v) is 7.92. The van der Waals surface area contributed by atoms with Crippen LogP contribution in [0.4, 0.5) is 0 Å². The van der Waals surface area contributed by atoms with Gasteiger partial charge in [0, 0.05) is 6.20 Å². The lowest BCUT2D eigenvalue weighted by atomic mass is 9.99. The van der Waals surface area contributed by atoms with Crippen molar-refractivity contribution in [3.8, 4) is 17.2 Å². The van der Waals surface area contributed by atoms with E-state index < -0.39 is 5.97 Å². The van der Waals surface area contributed by atoms with Gasteiger partial charge in [-0.3, -0.25) is 0 Å². The van der Waals surface area contributed by atoms with E-state index in [2.05, 4.69) is 11.1 Å². The molecule has 0 spiro atoms. The Balaban J connectivity index is 1.69. The number of esters is 1. The van der Waals surface area contributed by atoms with E-state index in [0.717, 1.165) is 16.7 Å². The molecule has 2 aromatic carbocycles. The van der Waals surface area contributed by atoms with Crippen LogP contribution in [-0.4, -0.2) is 11.0 Å². The largest absolute Gasteiger partial charge is 0.457 e. The molecule has 25 heavy (non-hydrogen) atoms. The average molecular weight is 349 g/mol. The molecule has 5 heteroatoms. The summed E-state index contributed by atoms with van der Waals surface area (Å²) in [5.74, 6) is -0.455. The summed E-state index contributed by atoms with van der Waals surface area (Å²) < 4.78 is 5.28. The molecule has 0 atom stereocenters. The Morgan fingerprint density at radius 2 is 1.88 bits per heavy atom. The maximum absolute atomic E-state index is 12.0. The molecular formula is C20H13ClN2O2. The maximum atomic E-state index is 12.0. The fourth-order valence-electron chi connectivity index (χ4n) is 2.37. The van der Waals surface area contributed by atoms with Crippen molar-refractivity contribution in [1.29, 1.82) is 5.26 Å². The molecule has 0 saturated heterocycles. The topological polar surface area (TPSA) is 63.0 Å². The van der Waals surface area contributed by atoms with Gasteiger partial charge in [0.25, 0.3) is 0 Å². The standard InChI is InChI=1S/C20H13ClN2O2/c21-19-11-16(9-10-23-19)20(24)25-13-14-5-7-15(8-6-14)18-4-2-1-3-17(18)12-22/h1-11H,13H2. The van der Waals surface area contributed by atoms with Crippen LogP contribution >= 0.6 is 11.6 Å². The summed E-state index contributed by atoms with van der Waals surface area (Å²) in [5.41, 5.74) is 3.65. The van der Waals surface area contributed by atoms with Crippen LogP contribution in [-0.2, 0) is 11.3 Å². The number of halogens is 1. The second kappa shape index (κ2) is 7.61. The van der Waals surface area contributed by atoms with Crippen molar-refractivity contribution < 1.29 is 9.53 Å². The van der Waals surface area contributed by atoms with Gasteiger partial charge in [0.05, 0.1) is 17.2 Å². The first-order valence-electron chi connectivity index (χ1n) is 7.54. The number of pyridine rings is 1. The highest BCUT2D eigenvalue weighted by Crippen LogP contribution is 2.23. The van der Waals surface area contributed by atoms with Gasteiger partial charge < -0.3 is 4.74 Å². The molecule has 0 saturated carbocycles. The Bertz CT molecular complexity index is 946. The predicted octanol–water partition coefficient (Wildman–Crippen LogP) is 4.63. The third-order valence-electron chi connectivity index (χ3n) is 3.64. The number of nitrogens with zero attached hydrogens (tertiary/aromatic N) is 2. The minimum absolute atomic E-state index is 0.152. The molecule has 0 N–H and O–H groups in total. The number of carbonyl (C=O) groups is 1. The van der Waals surface area contributed by atoms with Crippen LogP contribution in [0.25, 0.3) is 11.1 Å². The molecule has 0 bridgehead atoms. The monoisotopic (exact) mass is 348 g/mol. The molecule has 0 radical (unpaired) electrons. The van der Waals surface area contributed by atoms with Gasteiger partial charge in [-0.25, -0.2) is 9.78 Å². The van der Waals surface area contributed by atoms with Crippen LogP contribution in [0.15, 0.2) is 66.9 Å². The third kappa shape index (κ3) is 4.03. The van der Waals surface area contributed by atoms with Crippen molar-refractivity contribution in [3.05, 3.63) is 88.7 Å². The fourth-order valence-corrected chi connectivity index (χ4v) is 2.55. The van der Waals surface area contributed by atoms with E-state index in [4.69, 9.17) is 16.3 Å². The van der Waals surface area contributed by atoms with Crippen LogP contribution in [0.5, 0.6) is 0 Å². The second-order valence-electron chi connectivity index (χ2n) is 5.30. The van der Waals surface area contributed by atoms with Crippen LogP contribution in [0.1, 0.15) is 21.5 Å². The molecule has 0 amide bonds. The highest BCUT2D eigenvalue weighted by atomic mass is 35.5. The zero-order valence-corrected chi connectivity index (χ0v) is 13.9. The van der Waals surface area contributed by atoms with E-state index in [0.29, 0.717) is 11.1 Å². The minimum atomic E-state index is -0.455. The third-order valence-corrected chi connectivity index (χ3v) is 3.85. The van der Waals surface area contributed by atoms with Crippen molar-refractivity contribution >= 4 is 17.6 Å². The lowest BCUT2D eigenvalue weighted by Crippen LogP contribution is -2.05. The van der Waals surface area contributed by atoms with Gasteiger partial charge in [-0.05, 0) is 34.9 Å². The van der Waals surface area contributed by atoms with Crippen molar-refractivity contribution in [2.75, 3.05) is 0 Å². The zero-order chi connectivity index (χ0) is 17.6. The zero-order valence-electron chi connectivity index (χ0n) is 13.1. The quantitative estimate of drug-likeness (QED) is 0.509. The molecule has 1 aromatic heterocycles. The predicted molar refractivity (Wildman–Crippen MR) is 95.0 cm³/mol. The molecule has 0 aliphatic rings. The average Bonchev–Trinajstić information content (AvgIpc) is 2.66. The van der Waals surface area contributed by atoms with Crippen molar-refractivity contribution in [2.24, 2.45) is 0 Å². The first-order chi connectivity index (χ1) is 12.2. The van der Waals surface area contributed by atoms with Crippen molar-refractivity contribution in [3.63, 3.8) is 0 Å². The molecule has 0 unspecified atom stereocenters. The molecular weight excluding hydrogens is 336 g/mol. The van der Waals surface area contributed by atoms with Gasteiger partial charge in [-0.1, -0.05) is 54.1 Å². The summed E-state index contributed by atoms with van der Waals surface area (Å²) in [6.07, 6.45) is 1.46. The number of hydrogen-bond acceptors (Lipinski definition) is 4. The van der Waals surface area contributed by atoms with E-state index >= 15 is 0 Å². The Kier molecular flexibility index (Phi) is 5.08. The number of rotatable bonds is 4. The van der Waals surface area contributed by atoms with E-state index in [1.807, 2.05) is 42.5 Å². The van der Waals surface area contributed by atoms with E-state index in [9.17, 15) is 10.1 Å². The molecule has 0 aliphatic carbocycles. The number of carbonyl (C=O) groups excluding carboxylic acids is 1. The van der Waals surface area contributed by atoms with Crippen LogP contribution < -0.4 is 0 Å². The number of aromatic nitrogens is 1. The lowest BCUT2D eigenvalue weighted by molar-refractivity contribution is 0.0472. The fraction of sp³-hybridized carbons (Fsp3) is 0.0500. The van der Waals surface area contributed by atoms with E-state index in [1.165, 1.54) is 12.3 Å². The van der Waals surface area contributed by atoms with Gasteiger partial charge in [0.15, 0.2) is 0 Å². The summed E-state index contributed by atoms with van der Waals surface area (Å²) in [7, 11) is 0. The van der Waals surface area contributed by atoms with Crippen molar-refractivity contribution in [2.45, 2.75) is 6.61 Å². The minimum Gasteiger partial charge on any atom is -0.457 e. The highest BCUT2D eigenvalue weighted by Gasteiger charge is 2.09. The summed E-state index contributed by atoms with van der Waals surface area (Å²) in [5, 5.41) is 9.43. The first kappa shape index (κ1) is 16.7. The van der Waals surface area contributed by atoms with E-state index in [-0.39, 0.29) is 11.8 Å². The van der Waals surface area contributed by atoms with Gasteiger partial charge in [0.1, 0.15) is 11.8 Å². The van der Waals surface area contributed by atoms with Crippen molar-refractivity contribution in [1.82, 2.24) is 4.98 Å². The Morgan fingerprint density at radius 1 is 1.12 bits per heavy atom. The van der Waals surface area contributed by atoms with Crippen LogP contribution in [0, 0.1) is 11.3 Å². The molecule has 0 fully saturated rings. The lowest BCUT2D eigenvalue weighted by Gasteiger charge is -2.07. The van der Waals surface area contributed by atoms with Gasteiger partial charge in [-0.15, -0.1) is 0 Å². The molecule has 3 aromatic rings. The highest BCUT2D eigenvalue weighted by molar-refractivity contribution is 6.29. The molecule has 0 aliphatic heterocycles. The van der Waals surface area contributed by atoms with Crippen LogP contribution in [0.2, 0.25) is 5.15 Å². The molecule has 1 heterocycles. The Morgan fingerprint density at radius 3 is 2.60 bits per heavy atom. The molecule has 122 valence electrons. The Labute approximate surface area is 150 Å². The SMILES string of the molecule is N#Cc1ccccc1-c1ccc(COC(=O)c2ccnc(Cl)c2)cc1. The number of benzene rings is 2. The summed E-state index contributed by atoms with van der Waals surface area (Å²) in [6, 6.07) is 20.2. The smallest absolute Gasteiger partial charge is 0.338 e. The van der Waals surface area contributed by atoms with Gasteiger partial charge in [-0.2, -0.15) is 5.26 Å². The Hall–Kier alpha value is -3.16. The second-order valence-corrected chi connectivity index (χ2v) is 5.68. The summed E-state index contributed by atoms with van der Waals surface area (Å²) in [4.78, 5) is 15.8. The molecule has 3 rings (SSSR count). The number of hydrogen-bond donors (Lipinski definition) is 0. The normalized spacial score (nSPS) is 10.1. The van der Waals surface area contributed by atoms with Crippen LogP contribution in [0.3, 0.4) is 0 Å². The van der Waals surface area contributed by atoms with Gasteiger partial charge in [0.2, 0.25) is 0 Å². The summed E-state index contributed by atoms with van der Waals surface area (Å²) in [6.45, 7) is 0.152. The molecule has 4 nitrogen and oxygen atoms in total. The number of nitriles is 1. The number of ether oxygens (including phenoxy) is 1. The van der Waals surface area contributed by atoms with Gasteiger partial charge >= 0.3 is 5.97 Å². The van der Waals surface area contributed by atoms with E-state index in [1.54, 1.807) is 12.1 Å². The maximum Gasteiger partial charge on any atom is 0.338 e. The summed E-state index contributed by atoms with van der Waals surface area (Å²) >= 11 is 5.76.